The van der Waals surface area contributed by atoms with Crippen LogP contribution in [0.1, 0.15) is 91.9 Å². The number of carbonyl (C=O) groups excluding carboxylic acids is 5. The molecule has 6 N–H and O–H groups in total. The van der Waals surface area contributed by atoms with Gasteiger partial charge in [-0.1, -0.05) is 19.4 Å². The second-order valence-corrected chi connectivity index (χ2v) is 16.7. The Morgan fingerprint density at radius 2 is 1.58 bits per heavy atom. The molecule has 10 atom stereocenters. The predicted molar refractivity (Wildman–Crippen MR) is 191 cm³/mol. The average molecular weight is 848 g/mol. The maximum Gasteiger partial charge on any atom is 0.329 e. The number of ketones is 2. The summed E-state index contributed by atoms with van der Waals surface area (Å²) in [5.74, 6) is -7.20. The summed E-state index contributed by atoms with van der Waals surface area (Å²) in [7, 11) is 0. The van der Waals surface area contributed by atoms with Crippen molar-refractivity contribution in [1.29, 1.82) is 0 Å². The number of alkyl halides is 2. The smallest absolute Gasteiger partial charge is 0.329 e. The summed E-state index contributed by atoms with van der Waals surface area (Å²) in [5.41, 5.74) is -7.38. The van der Waals surface area contributed by atoms with Crippen LogP contribution in [0, 0.1) is 22.7 Å². The van der Waals surface area contributed by atoms with Crippen molar-refractivity contribution in [1.82, 2.24) is 16.1 Å². The molecule has 1 heterocycles. The van der Waals surface area contributed by atoms with E-state index in [0.29, 0.717) is 19.3 Å². The third kappa shape index (κ3) is 9.30. The first kappa shape index (κ1) is 46.7. The summed E-state index contributed by atoms with van der Waals surface area (Å²) in [5, 5.41) is 47.8. The number of Topliss-reactive ketones (excluding diaryl/α,β-unsaturated/α-hetero) is 1. The number of nitrogens with zero attached hydrogens (tertiary/aromatic N) is 2. The third-order valence-corrected chi connectivity index (χ3v) is 12.6. The van der Waals surface area contributed by atoms with Gasteiger partial charge in [0.1, 0.15) is 12.2 Å². The number of hydrogen-bond acceptors (Lipinski definition) is 18. The first-order valence-electron chi connectivity index (χ1n) is 19.7. The lowest BCUT2D eigenvalue weighted by molar-refractivity contribution is -0.492. The molecule has 1 aliphatic heterocycles. The Morgan fingerprint density at radius 3 is 2.24 bits per heavy atom. The van der Waals surface area contributed by atoms with E-state index < -0.39 is 117 Å². The number of ether oxygens (including phenoxy) is 4. The van der Waals surface area contributed by atoms with Crippen molar-refractivity contribution in [2.24, 2.45) is 22.7 Å². The van der Waals surface area contributed by atoms with Crippen LogP contribution in [0.15, 0.2) is 23.8 Å². The number of rotatable bonds is 20. The predicted octanol–water partition coefficient (Wildman–Crippen LogP) is 2.70. The van der Waals surface area contributed by atoms with Crippen LogP contribution < -0.4 is 5.32 Å². The number of carbonyl (C=O) groups is 5. The van der Waals surface area contributed by atoms with E-state index in [9.17, 15) is 29.1 Å². The highest BCUT2D eigenvalue weighted by atomic mass is 19.1. The van der Waals surface area contributed by atoms with E-state index in [-0.39, 0.29) is 63.9 Å². The molecule has 0 radical (unpaired) electrons. The number of aliphatic hydroxyl groups is 1. The molecule has 1 amide bonds. The zero-order chi connectivity index (χ0) is 43.6. The number of hydrogen-bond donors (Lipinski definition) is 6. The topological polar surface area (TPSA) is 260 Å². The Labute approximate surface area is 338 Å². The van der Waals surface area contributed by atoms with Crippen molar-refractivity contribution in [2.45, 2.75) is 133 Å². The number of allylic oxidation sites excluding steroid dienone is 4. The highest BCUT2D eigenvalue weighted by Gasteiger charge is 2.80. The molecule has 332 valence electrons. The summed E-state index contributed by atoms with van der Waals surface area (Å²) >= 11 is 0. The number of esters is 2. The van der Waals surface area contributed by atoms with E-state index in [4.69, 9.17) is 39.8 Å². The molecule has 5 aliphatic rings. The van der Waals surface area contributed by atoms with Gasteiger partial charge in [-0.25, -0.2) is 13.6 Å². The Hall–Kier alpha value is -3.35. The number of unbranched alkanes of at least 4 members (excludes halogenated alkanes) is 3. The minimum absolute atomic E-state index is 0.0428. The molecule has 0 aromatic rings. The number of amides is 1. The monoisotopic (exact) mass is 847 g/mol. The molecule has 4 aliphatic carbocycles. The maximum atomic E-state index is 17.8. The van der Waals surface area contributed by atoms with E-state index in [1.54, 1.807) is 20.8 Å². The van der Waals surface area contributed by atoms with Gasteiger partial charge in [0.2, 0.25) is 11.7 Å². The van der Waals surface area contributed by atoms with Crippen LogP contribution in [-0.4, -0.2) is 134 Å². The molecule has 0 bridgehead atoms. The summed E-state index contributed by atoms with van der Waals surface area (Å²) in [4.78, 5) is 74.8. The highest BCUT2D eigenvalue weighted by molar-refractivity contribution is 6.01. The number of aliphatic hydroxyl groups excluding tert-OH is 1. The van der Waals surface area contributed by atoms with E-state index in [1.165, 1.54) is 19.1 Å². The van der Waals surface area contributed by atoms with E-state index in [1.807, 2.05) is 0 Å². The van der Waals surface area contributed by atoms with E-state index >= 15 is 8.78 Å². The van der Waals surface area contributed by atoms with Gasteiger partial charge in [0.15, 0.2) is 29.4 Å². The zero-order valence-electron chi connectivity index (χ0n) is 33.5. The molecule has 5 rings (SSSR count). The van der Waals surface area contributed by atoms with Crippen LogP contribution in [0.5, 0.6) is 0 Å². The van der Waals surface area contributed by atoms with Gasteiger partial charge in [0, 0.05) is 23.2 Å². The average Bonchev–Trinajstić information content (AvgIpc) is 3.56. The van der Waals surface area contributed by atoms with Gasteiger partial charge in [-0.3, -0.25) is 49.7 Å². The van der Waals surface area contributed by atoms with Gasteiger partial charge >= 0.3 is 11.9 Å². The molecule has 0 aromatic heterocycles. The molecular weight excluding hydrogens is 792 g/mol. The number of nitrogens with one attached hydrogen (secondary N) is 1. The number of halogens is 2. The highest BCUT2D eigenvalue weighted by Crippen LogP contribution is 2.72. The molecule has 0 aromatic carbocycles. The quantitative estimate of drug-likeness (QED) is 0.0585. The van der Waals surface area contributed by atoms with Crippen LogP contribution >= 0.6 is 0 Å². The van der Waals surface area contributed by atoms with Crippen LogP contribution in [0.25, 0.3) is 0 Å². The first-order valence-corrected chi connectivity index (χ1v) is 19.7. The van der Waals surface area contributed by atoms with E-state index in [0.717, 1.165) is 6.08 Å². The van der Waals surface area contributed by atoms with Gasteiger partial charge in [0.25, 0.3) is 0 Å². The lowest BCUT2D eigenvalue weighted by Gasteiger charge is -2.63. The summed E-state index contributed by atoms with van der Waals surface area (Å²) < 4.78 is 57.0. The van der Waals surface area contributed by atoms with Gasteiger partial charge in [0.05, 0.1) is 49.2 Å². The first-order chi connectivity index (χ1) is 27.6. The van der Waals surface area contributed by atoms with Crippen molar-refractivity contribution >= 4 is 29.4 Å². The van der Waals surface area contributed by atoms with Gasteiger partial charge in [-0.2, -0.15) is 0 Å². The Balaban J connectivity index is 1.28. The largest absolute Gasteiger partial charge is 0.464 e. The van der Waals surface area contributed by atoms with Crippen molar-refractivity contribution in [3.63, 3.8) is 0 Å². The zero-order valence-corrected chi connectivity index (χ0v) is 33.5. The van der Waals surface area contributed by atoms with Gasteiger partial charge in [-0.15, -0.1) is 0 Å². The second kappa shape index (κ2) is 18.3. The van der Waals surface area contributed by atoms with Crippen LogP contribution in [-0.2, 0) is 52.6 Å². The lowest BCUT2D eigenvalue weighted by Crippen LogP contribution is -2.71. The SMILES string of the molecule is CC1(C)O[C@@H]2CC3C4C[C@H](F)C5=CC(=O)C=CC5(C)[C@@]4(F)[C@@H](O)C[C@]3(C)[C@]2(C(=O)COC(=O)CC(NC(=O)CCCCCON(O)O)C(=O)OCCCCON(O)O)O1. The minimum atomic E-state index is -2.42. The van der Waals surface area contributed by atoms with Gasteiger partial charge < -0.3 is 29.4 Å². The molecule has 21 heteroatoms. The molecular formula is C38H55F2N3O16. The lowest BCUT2D eigenvalue weighted by atomic mass is 9.44. The molecule has 0 spiro atoms. The summed E-state index contributed by atoms with van der Waals surface area (Å²) in [6.07, 6.45) is -0.844. The normalized spacial score (nSPS) is 34.7. The maximum absolute atomic E-state index is 17.8. The second-order valence-electron chi connectivity index (χ2n) is 16.7. The molecule has 59 heavy (non-hydrogen) atoms. The Kier molecular flexibility index (Phi) is 14.5. The summed E-state index contributed by atoms with van der Waals surface area (Å²) in [6, 6.07) is -1.55. The van der Waals surface area contributed by atoms with Crippen molar-refractivity contribution in [2.75, 3.05) is 26.4 Å². The Morgan fingerprint density at radius 1 is 0.932 bits per heavy atom. The fourth-order valence-electron chi connectivity index (χ4n) is 10.1. The van der Waals surface area contributed by atoms with Gasteiger partial charge in [-0.05, 0) is 89.4 Å². The van der Waals surface area contributed by atoms with Crippen LogP contribution in [0.4, 0.5) is 8.78 Å². The standard InChI is InChI=1S/C38H55F2N3O16/c1-34(2)58-30-18-23-24-17-26(39)25-16-22(44)11-12-35(25,3)37(24,40)28(45)20-36(23,4)38(30,59-34)29(46)21-55-32(48)19-27(33(49)54-13-8-9-15-57-43(52)53)41-31(47)10-6-5-7-14-56-42(50)51/h11-12,16,23-24,26-28,30,45,50-53H,5-10,13-15,17-21H2,1-4H3,(H,41,47)/t23?,24?,26-,27?,28-,30+,35?,36-,37-,38+/m0/s1. The fraction of sp³-hybridized carbons (Fsp3) is 0.763. The number of fused-ring (bicyclic) bond motifs is 7. The molecule has 4 unspecified atom stereocenters. The minimum Gasteiger partial charge on any atom is -0.464 e. The molecule has 4 fully saturated rings. The molecule has 1 saturated heterocycles. The van der Waals surface area contributed by atoms with Crippen LogP contribution in [0.3, 0.4) is 0 Å². The van der Waals surface area contributed by atoms with Crippen molar-refractivity contribution in [3.05, 3.63) is 23.8 Å². The fourth-order valence-corrected chi connectivity index (χ4v) is 10.1. The summed E-state index contributed by atoms with van der Waals surface area (Å²) in [6.45, 7) is 5.02. The van der Waals surface area contributed by atoms with Crippen LogP contribution in [0.2, 0.25) is 0 Å². The molecule has 3 saturated carbocycles. The van der Waals surface area contributed by atoms with Crippen molar-refractivity contribution < 1.29 is 87.3 Å². The molecule has 19 nitrogen and oxygen atoms in total. The Bertz CT molecular complexity index is 1660. The van der Waals surface area contributed by atoms with Crippen molar-refractivity contribution in [3.8, 4) is 0 Å². The van der Waals surface area contributed by atoms with E-state index in [2.05, 4.69) is 15.0 Å². The third-order valence-electron chi connectivity index (χ3n) is 12.6.